The molecule has 0 spiro atoms. The molecule has 1 atom stereocenters. The van der Waals surface area contributed by atoms with E-state index in [-0.39, 0.29) is 11.8 Å². The number of nitrogens with one attached hydrogen (secondary N) is 1. The second-order valence-corrected chi connectivity index (χ2v) is 10.4. The third kappa shape index (κ3) is 6.17. The molecule has 1 unspecified atom stereocenters. The van der Waals surface area contributed by atoms with Gasteiger partial charge in [0, 0.05) is 41.1 Å². The Balaban J connectivity index is 1.63. The normalized spacial score (nSPS) is 17.9. The molecule has 2 aromatic rings. The molecule has 8 heteroatoms. The van der Waals surface area contributed by atoms with Gasteiger partial charge in [-0.3, -0.25) is 9.69 Å². The molecule has 6 nitrogen and oxygen atoms in total. The number of piperidine rings is 1. The number of hydrogen-bond donors (Lipinski definition) is 1. The van der Waals surface area contributed by atoms with Crippen LogP contribution in [0, 0.1) is 13.8 Å². The number of sulfonamides is 1. The maximum absolute atomic E-state index is 13.0. The van der Waals surface area contributed by atoms with Crippen LogP contribution >= 0.6 is 11.6 Å². The predicted molar refractivity (Wildman–Crippen MR) is 121 cm³/mol. The van der Waals surface area contributed by atoms with E-state index in [9.17, 15) is 13.2 Å². The number of likely N-dealkylation sites (tertiary alicyclic amines) is 1. The molecule has 0 amide bonds. The number of rotatable bonds is 8. The standard InChI is InChI=1S/C22H30ClN3O3S/c1-16-13-21(17(2)26(16)12-10-18-6-8-19(23)9-7-18)22(27)15-25-11-4-5-20(14-25)24-30(3,28)29/h6-9,13,20,24H,4-5,10-12,14-15H2,1-3H3. The lowest BCUT2D eigenvalue weighted by molar-refractivity contribution is 0.0904. The molecule has 1 aliphatic rings. The van der Waals surface area contributed by atoms with E-state index >= 15 is 0 Å². The highest BCUT2D eigenvalue weighted by atomic mass is 35.5. The van der Waals surface area contributed by atoms with Crippen molar-refractivity contribution in [2.75, 3.05) is 25.9 Å². The van der Waals surface area contributed by atoms with Gasteiger partial charge in [-0.1, -0.05) is 23.7 Å². The number of Topliss-reactive ketones (excluding diaryl/α,β-unsaturated/α-hetero) is 1. The average Bonchev–Trinajstić information content (AvgIpc) is 2.94. The number of ketones is 1. The van der Waals surface area contributed by atoms with E-state index in [1.165, 1.54) is 11.8 Å². The average molecular weight is 452 g/mol. The Hall–Kier alpha value is -1.67. The van der Waals surface area contributed by atoms with Crippen LogP contribution in [0.25, 0.3) is 0 Å². The van der Waals surface area contributed by atoms with E-state index < -0.39 is 10.0 Å². The summed E-state index contributed by atoms with van der Waals surface area (Å²) in [6.45, 7) is 6.50. The van der Waals surface area contributed by atoms with Crippen LogP contribution in [-0.4, -0.2) is 55.6 Å². The van der Waals surface area contributed by atoms with Gasteiger partial charge in [-0.2, -0.15) is 0 Å². The number of carbonyl (C=O) groups is 1. The van der Waals surface area contributed by atoms with Crippen LogP contribution in [0.3, 0.4) is 0 Å². The van der Waals surface area contributed by atoms with Crippen molar-refractivity contribution < 1.29 is 13.2 Å². The minimum absolute atomic E-state index is 0.0841. The maximum atomic E-state index is 13.0. The molecule has 1 aromatic carbocycles. The van der Waals surface area contributed by atoms with E-state index in [0.717, 1.165) is 54.3 Å². The van der Waals surface area contributed by atoms with Crippen LogP contribution < -0.4 is 4.72 Å². The number of hydrogen-bond acceptors (Lipinski definition) is 4. The van der Waals surface area contributed by atoms with Gasteiger partial charge in [-0.15, -0.1) is 0 Å². The summed E-state index contributed by atoms with van der Waals surface area (Å²) < 4.78 is 27.9. The lowest BCUT2D eigenvalue weighted by atomic mass is 10.1. The largest absolute Gasteiger partial charge is 0.348 e. The van der Waals surface area contributed by atoms with Gasteiger partial charge in [-0.05, 0) is 63.4 Å². The summed E-state index contributed by atoms with van der Waals surface area (Å²) in [5.74, 6) is 0.0841. The summed E-state index contributed by atoms with van der Waals surface area (Å²) in [6, 6.07) is 9.68. The Morgan fingerprint density at radius 3 is 2.60 bits per heavy atom. The number of benzene rings is 1. The Bertz CT molecular complexity index is 999. The molecular weight excluding hydrogens is 422 g/mol. The van der Waals surface area contributed by atoms with Gasteiger partial charge < -0.3 is 4.57 Å². The molecule has 1 aliphatic heterocycles. The van der Waals surface area contributed by atoms with Crippen LogP contribution in [0.4, 0.5) is 0 Å². The highest BCUT2D eigenvalue weighted by Gasteiger charge is 2.25. The Kier molecular flexibility index (Phi) is 7.39. The van der Waals surface area contributed by atoms with E-state index in [4.69, 9.17) is 11.6 Å². The van der Waals surface area contributed by atoms with Gasteiger partial charge in [0.15, 0.2) is 5.78 Å². The second kappa shape index (κ2) is 9.64. The molecule has 30 heavy (non-hydrogen) atoms. The first kappa shape index (κ1) is 23.0. The van der Waals surface area contributed by atoms with Gasteiger partial charge in [0.25, 0.3) is 0 Å². The Morgan fingerprint density at radius 1 is 1.23 bits per heavy atom. The van der Waals surface area contributed by atoms with Gasteiger partial charge in [0.05, 0.1) is 12.8 Å². The van der Waals surface area contributed by atoms with Crippen molar-refractivity contribution in [3.05, 3.63) is 57.9 Å². The summed E-state index contributed by atoms with van der Waals surface area (Å²) in [6.07, 6.45) is 3.72. The highest BCUT2D eigenvalue weighted by molar-refractivity contribution is 7.88. The van der Waals surface area contributed by atoms with Crippen LogP contribution in [-0.2, 0) is 23.0 Å². The van der Waals surface area contributed by atoms with Crippen molar-refractivity contribution in [3.63, 3.8) is 0 Å². The summed E-state index contributed by atoms with van der Waals surface area (Å²) in [5, 5.41) is 0.728. The number of aromatic nitrogens is 1. The minimum atomic E-state index is -3.24. The molecule has 0 aliphatic carbocycles. The lowest BCUT2D eigenvalue weighted by Crippen LogP contribution is -2.48. The van der Waals surface area contributed by atoms with Gasteiger partial charge in [0.2, 0.25) is 10.0 Å². The van der Waals surface area contributed by atoms with Gasteiger partial charge >= 0.3 is 0 Å². The van der Waals surface area contributed by atoms with Crippen molar-refractivity contribution in [2.45, 2.75) is 45.7 Å². The van der Waals surface area contributed by atoms with E-state index in [2.05, 4.69) is 14.2 Å². The molecule has 0 bridgehead atoms. The molecule has 1 saturated heterocycles. The molecule has 1 fully saturated rings. The van der Waals surface area contributed by atoms with Crippen molar-refractivity contribution in [1.82, 2.24) is 14.2 Å². The second-order valence-electron chi connectivity index (χ2n) is 8.20. The van der Waals surface area contributed by atoms with Crippen molar-refractivity contribution in [2.24, 2.45) is 0 Å². The fraction of sp³-hybridized carbons (Fsp3) is 0.500. The Morgan fingerprint density at radius 2 is 1.93 bits per heavy atom. The number of nitrogens with zero attached hydrogens (tertiary/aromatic N) is 2. The maximum Gasteiger partial charge on any atom is 0.208 e. The monoisotopic (exact) mass is 451 g/mol. The highest BCUT2D eigenvalue weighted by Crippen LogP contribution is 2.19. The van der Waals surface area contributed by atoms with E-state index in [1.54, 1.807) is 0 Å². The fourth-order valence-corrected chi connectivity index (χ4v) is 5.13. The van der Waals surface area contributed by atoms with Crippen molar-refractivity contribution >= 4 is 27.4 Å². The summed E-state index contributed by atoms with van der Waals surface area (Å²) in [5.41, 5.74) is 4.01. The molecule has 1 aromatic heterocycles. The first-order valence-corrected chi connectivity index (χ1v) is 12.5. The molecule has 1 N–H and O–H groups in total. The number of carbonyl (C=O) groups excluding carboxylic acids is 1. The number of aryl methyl sites for hydroxylation is 2. The summed E-state index contributed by atoms with van der Waals surface area (Å²) in [4.78, 5) is 15.0. The third-order valence-corrected chi connectivity index (χ3v) is 6.68. The zero-order valence-corrected chi connectivity index (χ0v) is 19.4. The first-order chi connectivity index (χ1) is 14.1. The SMILES string of the molecule is Cc1cc(C(=O)CN2CCCC(NS(C)(=O)=O)C2)c(C)n1CCc1ccc(Cl)cc1. The quantitative estimate of drug-likeness (QED) is 0.625. The van der Waals surface area contributed by atoms with Gasteiger partial charge in [0.1, 0.15) is 0 Å². The molecule has 2 heterocycles. The van der Waals surface area contributed by atoms with Crippen LogP contribution in [0.15, 0.2) is 30.3 Å². The topological polar surface area (TPSA) is 71.4 Å². The predicted octanol–water partition coefficient (Wildman–Crippen LogP) is 3.20. The molecule has 3 rings (SSSR count). The lowest BCUT2D eigenvalue weighted by Gasteiger charge is -2.32. The molecular formula is C22H30ClN3O3S. The van der Waals surface area contributed by atoms with Crippen LogP contribution in [0.2, 0.25) is 5.02 Å². The summed E-state index contributed by atoms with van der Waals surface area (Å²) in [7, 11) is -3.24. The minimum Gasteiger partial charge on any atom is -0.348 e. The van der Waals surface area contributed by atoms with E-state index in [1.807, 2.05) is 44.2 Å². The molecule has 0 radical (unpaired) electrons. The number of halogens is 1. The zero-order chi connectivity index (χ0) is 21.9. The van der Waals surface area contributed by atoms with Crippen molar-refractivity contribution in [3.8, 4) is 0 Å². The smallest absolute Gasteiger partial charge is 0.208 e. The Labute approximate surface area is 184 Å². The van der Waals surface area contributed by atoms with Gasteiger partial charge in [-0.25, -0.2) is 13.1 Å². The third-order valence-electron chi connectivity index (χ3n) is 5.66. The molecule has 164 valence electrons. The van der Waals surface area contributed by atoms with Crippen LogP contribution in [0.1, 0.15) is 40.2 Å². The first-order valence-electron chi connectivity index (χ1n) is 10.3. The summed E-state index contributed by atoms with van der Waals surface area (Å²) >= 11 is 5.96. The van der Waals surface area contributed by atoms with Crippen molar-refractivity contribution in [1.29, 1.82) is 0 Å². The fourth-order valence-electron chi connectivity index (χ4n) is 4.21. The molecule has 0 saturated carbocycles. The zero-order valence-electron chi connectivity index (χ0n) is 17.8. The van der Waals surface area contributed by atoms with E-state index in [0.29, 0.717) is 13.1 Å². The van der Waals surface area contributed by atoms with Crippen LogP contribution in [0.5, 0.6) is 0 Å².